The number of aromatic nitrogens is 2. The van der Waals surface area contributed by atoms with Crippen LogP contribution in [0.1, 0.15) is 37.1 Å². The number of para-hydroxylation sites is 1. The molecule has 0 aliphatic carbocycles. The maximum absolute atomic E-state index is 12.8. The van der Waals surface area contributed by atoms with Crippen LogP contribution in [0, 0.1) is 18.8 Å². The number of carbonyl (C=O) groups excluding carboxylic acids is 2. The van der Waals surface area contributed by atoms with Crippen molar-refractivity contribution in [2.75, 3.05) is 18.4 Å². The van der Waals surface area contributed by atoms with E-state index in [0.29, 0.717) is 30.7 Å². The van der Waals surface area contributed by atoms with Crippen LogP contribution in [0.5, 0.6) is 0 Å². The SMILES string of the molecule is Cc1ccccc1-n1nc2c(c1NC(=O)C(=O)N1C[C@H](C)C[C@H](C)C1)CSC2. The summed E-state index contributed by atoms with van der Waals surface area (Å²) in [4.78, 5) is 27.3. The number of nitrogens with zero attached hydrogens (tertiary/aromatic N) is 3. The summed E-state index contributed by atoms with van der Waals surface area (Å²) in [5.41, 5.74) is 3.99. The van der Waals surface area contributed by atoms with Gasteiger partial charge in [-0.2, -0.15) is 16.9 Å². The van der Waals surface area contributed by atoms with Gasteiger partial charge >= 0.3 is 11.8 Å². The van der Waals surface area contributed by atoms with Crippen molar-refractivity contribution >= 4 is 29.4 Å². The van der Waals surface area contributed by atoms with Crippen molar-refractivity contribution in [1.82, 2.24) is 14.7 Å². The van der Waals surface area contributed by atoms with Gasteiger partial charge < -0.3 is 10.2 Å². The summed E-state index contributed by atoms with van der Waals surface area (Å²) >= 11 is 1.77. The number of hydrogen-bond donors (Lipinski definition) is 1. The molecule has 0 spiro atoms. The maximum atomic E-state index is 12.8. The van der Waals surface area contributed by atoms with Gasteiger partial charge in [0.15, 0.2) is 0 Å². The molecule has 0 bridgehead atoms. The number of aryl methyl sites for hydroxylation is 1. The zero-order valence-corrected chi connectivity index (χ0v) is 17.4. The van der Waals surface area contributed by atoms with Crippen LogP contribution in [0.2, 0.25) is 0 Å². The van der Waals surface area contributed by atoms with Crippen molar-refractivity contribution in [3.63, 3.8) is 0 Å². The number of rotatable bonds is 2. The maximum Gasteiger partial charge on any atom is 0.315 e. The number of likely N-dealkylation sites (tertiary alicyclic amines) is 1. The second-order valence-corrected chi connectivity index (χ2v) is 9.06. The van der Waals surface area contributed by atoms with Gasteiger partial charge in [0.05, 0.1) is 11.4 Å². The lowest BCUT2D eigenvalue weighted by molar-refractivity contribution is -0.145. The van der Waals surface area contributed by atoms with Gasteiger partial charge in [-0.15, -0.1) is 0 Å². The minimum Gasteiger partial charge on any atom is -0.334 e. The van der Waals surface area contributed by atoms with Crippen LogP contribution >= 0.6 is 11.8 Å². The fraction of sp³-hybridized carbons (Fsp3) is 0.476. The van der Waals surface area contributed by atoms with Gasteiger partial charge in [-0.05, 0) is 36.8 Å². The Balaban J connectivity index is 1.62. The smallest absolute Gasteiger partial charge is 0.315 e. The van der Waals surface area contributed by atoms with Crippen LogP contribution < -0.4 is 5.32 Å². The first kappa shape index (κ1) is 19.1. The molecule has 0 saturated carbocycles. The van der Waals surface area contributed by atoms with E-state index in [1.165, 1.54) is 0 Å². The summed E-state index contributed by atoms with van der Waals surface area (Å²) in [6.07, 6.45) is 1.09. The Bertz CT molecular complexity index is 913. The third-order valence-corrected chi connectivity index (χ3v) is 6.45. The zero-order chi connectivity index (χ0) is 19.8. The van der Waals surface area contributed by atoms with E-state index < -0.39 is 11.8 Å². The quantitative estimate of drug-likeness (QED) is 0.788. The number of piperidine rings is 1. The highest BCUT2D eigenvalue weighted by molar-refractivity contribution is 7.98. The van der Waals surface area contributed by atoms with Gasteiger partial charge in [-0.25, -0.2) is 4.68 Å². The Kier molecular flexibility index (Phi) is 5.19. The average Bonchev–Trinajstić information content (AvgIpc) is 3.23. The van der Waals surface area contributed by atoms with E-state index in [-0.39, 0.29) is 0 Å². The molecule has 3 heterocycles. The number of carbonyl (C=O) groups is 2. The topological polar surface area (TPSA) is 67.2 Å². The molecule has 0 unspecified atom stereocenters. The van der Waals surface area contributed by atoms with Crippen LogP contribution in [0.3, 0.4) is 0 Å². The fourth-order valence-electron chi connectivity index (χ4n) is 4.25. The molecule has 1 saturated heterocycles. The summed E-state index contributed by atoms with van der Waals surface area (Å²) < 4.78 is 1.78. The van der Waals surface area contributed by atoms with E-state index in [2.05, 4.69) is 19.2 Å². The van der Waals surface area contributed by atoms with E-state index in [4.69, 9.17) is 5.10 Å². The molecule has 0 radical (unpaired) electrons. The molecule has 2 atom stereocenters. The monoisotopic (exact) mass is 398 g/mol. The Labute approximate surface area is 169 Å². The summed E-state index contributed by atoms with van der Waals surface area (Å²) in [5, 5.41) is 7.63. The fourth-order valence-corrected chi connectivity index (χ4v) is 5.28. The molecule has 7 heteroatoms. The molecule has 1 aromatic heterocycles. The van der Waals surface area contributed by atoms with E-state index in [1.54, 1.807) is 21.3 Å². The van der Waals surface area contributed by atoms with Gasteiger partial charge in [0.1, 0.15) is 5.82 Å². The highest BCUT2D eigenvalue weighted by Crippen LogP contribution is 2.36. The van der Waals surface area contributed by atoms with Gasteiger partial charge in [0, 0.05) is 30.2 Å². The van der Waals surface area contributed by atoms with E-state index in [0.717, 1.165) is 40.4 Å². The van der Waals surface area contributed by atoms with Crippen LogP contribution in [-0.2, 0) is 21.1 Å². The van der Waals surface area contributed by atoms with Gasteiger partial charge in [0.25, 0.3) is 0 Å². The lowest BCUT2D eigenvalue weighted by atomic mass is 9.92. The predicted molar refractivity (Wildman–Crippen MR) is 111 cm³/mol. The second-order valence-electron chi connectivity index (χ2n) is 8.08. The first-order valence-corrected chi connectivity index (χ1v) is 10.9. The van der Waals surface area contributed by atoms with Crippen LogP contribution in [0.15, 0.2) is 24.3 Å². The highest BCUT2D eigenvalue weighted by atomic mass is 32.2. The number of thioether (sulfide) groups is 1. The molecule has 2 aliphatic rings. The lowest BCUT2D eigenvalue weighted by Gasteiger charge is -2.34. The highest BCUT2D eigenvalue weighted by Gasteiger charge is 2.31. The van der Waals surface area contributed by atoms with Crippen LogP contribution in [0.4, 0.5) is 5.82 Å². The number of anilines is 1. The standard InChI is InChI=1S/C21H26N4O2S/c1-13-8-14(2)10-24(9-13)21(27)20(26)22-19-16-11-28-12-17(16)23-25(19)18-7-5-4-6-15(18)3/h4-7,13-14H,8-12H2,1-3H3,(H,22,26)/t13-,14+. The molecule has 28 heavy (non-hydrogen) atoms. The van der Waals surface area contributed by atoms with Crippen LogP contribution in [0.25, 0.3) is 5.69 Å². The van der Waals surface area contributed by atoms with Gasteiger partial charge in [-0.3, -0.25) is 9.59 Å². The van der Waals surface area contributed by atoms with Crippen molar-refractivity contribution in [3.05, 3.63) is 41.1 Å². The normalized spacial score (nSPS) is 21.5. The van der Waals surface area contributed by atoms with Crippen LogP contribution in [-0.4, -0.2) is 39.6 Å². The minimum absolute atomic E-state index is 0.415. The third-order valence-electron chi connectivity index (χ3n) is 5.48. The van der Waals surface area contributed by atoms with Crippen molar-refractivity contribution in [1.29, 1.82) is 0 Å². The van der Waals surface area contributed by atoms with Crippen molar-refractivity contribution in [3.8, 4) is 5.69 Å². The van der Waals surface area contributed by atoms with Crippen molar-refractivity contribution in [2.45, 2.75) is 38.7 Å². The zero-order valence-electron chi connectivity index (χ0n) is 16.6. The molecule has 1 aromatic carbocycles. The molecule has 2 aromatic rings. The summed E-state index contributed by atoms with van der Waals surface area (Å²) in [6, 6.07) is 7.93. The molecule has 2 aliphatic heterocycles. The molecule has 1 N–H and O–H groups in total. The average molecular weight is 399 g/mol. The molecule has 4 rings (SSSR count). The molecule has 2 amide bonds. The number of hydrogen-bond acceptors (Lipinski definition) is 4. The molecule has 1 fully saturated rings. The van der Waals surface area contributed by atoms with E-state index >= 15 is 0 Å². The Morgan fingerprint density at radius 3 is 2.57 bits per heavy atom. The number of benzene rings is 1. The van der Waals surface area contributed by atoms with E-state index in [9.17, 15) is 9.59 Å². The summed E-state index contributed by atoms with van der Waals surface area (Å²) in [6.45, 7) is 7.56. The summed E-state index contributed by atoms with van der Waals surface area (Å²) in [5.74, 6) is 2.06. The minimum atomic E-state index is -0.573. The Morgan fingerprint density at radius 2 is 1.86 bits per heavy atom. The number of fused-ring (bicyclic) bond motifs is 1. The molecule has 6 nitrogen and oxygen atoms in total. The second kappa shape index (κ2) is 7.62. The third kappa shape index (κ3) is 3.55. The largest absolute Gasteiger partial charge is 0.334 e. The molecular weight excluding hydrogens is 372 g/mol. The lowest BCUT2D eigenvalue weighted by Crippen LogP contribution is -2.47. The molecule has 148 valence electrons. The molecular formula is C21H26N4O2S. The van der Waals surface area contributed by atoms with Gasteiger partial charge in [0.2, 0.25) is 0 Å². The van der Waals surface area contributed by atoms with Gasteiger partial charge in [-0.1, -0.05) is 32.0 Å². The summed E-state index contributed by atoms with van der Waals surface area (Å²) in [7, 11) is 0. The van der Waals surface area contributed by atoms with Crippen molar-refractivity contribution in [2.24, 2.45) is 11.8 Å². The Hall–Kier alpha value is -2.28. The van der Waals surface area contributed by atoms with Crippen molar-refractivity contribution < 1.29 is 9.59 Å². The number of amides is 2. The van der Waals surface area contributed by atoms with E-state index in [1.807, 2.05) is 31.2 Å². The predicted octanol–water partition coefficient (Wildman–Crippen LogP) is 3.37. The first-order valence-electron chi connectivity index (χ1n) is 9.78. The number of nitrogens with one attached hydrogen (secondary N) is 1. The Morgan fingerprint density at radius 1 is 1.14 bits per heavy atom. The first-order chi connectivity index (χ1) is 13.4.